The van der Waals surface area contributed by atoms with E-state index in [-0.39, 0.29) is 24.5 Å². The number of hydrogen-bond acceptors (Lipinski definition) is 2. The van der Waals surface area contributed by atoms with Gasteiger partial charge in [-0.1, -0.05) is 34.5 Å². The molecule has 2 N–H and O–H groups in total. The summed E-state index contributed by atoms with van der Waals surface area (Å²) in [5.41, 5.74) is 0.429. The van der Waals surface area contributed by atoms with Gasteiger partial charge in [-0.2, -0.15) is 0 Å². The number of aliphatic hydroxyl groups is 1. The number of amides is 1. The van der Waals surface area contributed by atoms with E-state index < -0.39 is 0 Å². The zero-order valence-electron chi connectivity index (χ0n) is 9.71. The van der Waals surface area contributed by atoms with Crippen LogP contribution in [0, 0.1) is 5.92 Å². The van der Waals surface area contributed by atoms with Crippen molar-refractivity contribution in [3.05, 3.63) is 33.3 Å². The van der Waals surface area contributed by atoms with Crippen molar-refractivity contribution in [1.29, 1.82) is 0 Å². The summed E-state index contributed by atoms with van der Waals surface area (Å²) in [5, 5.41) is 12.2. The van der Waals surface area contributed by atoms with Gasteiger partial charge in [0.25, 0.3) is 5.91 Å². The van der Waals surface area contributed by atoms with Gasteiger partial charge < -0.3 is 10.4 Å². The lowest BCUT2D eigenvalue weighted by molar-refractivity contribution is 0.0916. The molecule has 0 aromatic heterocycles. The zero-order valence-corrected chi connectivity index (χ0v) is 12.0. The molecule has 1 rings (SSSR count). The lowest BCUT2D eigenvalue weighted by Crippen LogP contribution is -2.38. The quantitative estimate of drug-likeness (QED) is 0.896. The van der Waals surface area contributed by atoms with E-state index in [2.05, 4.69) is 21.2 Å². The highest BCUT2D eigenvalue weighted by molar-refractivity contribution is 9.10. The second kappa shape index (κ2) is 6.38. The number of carbonyl (C=O) groups is 1. The Morgan fingerprint density at radius 2 is 2.18 bits per heavy atom. The second-order valence-corrected chi connectivity index (χ2v) is 5.37. The lowest BCUT2D eigenvalue weighted by Gasteiger charge is -2.19. The molecule has 0 aliphatic heterocycles. The molecule has 0 radical (unpaired) electrons. The molecule has 0 bridgehead atoms. The number of rotatable bonds is 4. The Hall–Kier alpha value is -0.580. The Morgan fingerprint density at radius 1 is 1.53 bits per heavy atom. The molecule has 1 aromatic rings. The van der Waals surface area contributed by atoms with Crippen LogP contribution in [-0.2, 0) is 0 Å². The minimum Gasteiger partial charge on any atom is -0.396 e. The Morgan fingerprint density at radius 3 is 2.76 bits per heavy atom. The molecule has 1 aromatic carbocycles. The van der Waals surface area contributed by atoms with E-state index in [0.717, 1.165) is 4.47 Å². The van der Waals surface area contributed by atoms with Gasteiger partial charge in [0.2, 0.25) is 0 Å². The van der Waals surface area contributed by atoms with Crippen LogP contribution in [0.15, 0.2) is 22.7 Å². The topological polar surface area (TPSA) is 49.3 Å². The molecule has 0 fully saturated rings. The molecule has 1 amide bonds. The third-order valence-corrected chi connectivity index (χ3v) is 3.50. The predicted octanol–water partition coefficient (Wildman–Crippen LogP) is 2.85. The van der Waals surface area contributed by atoms with E-state index in [4.69, 9.17) is 16.7 Å². The maximum Gasteiger partial charge on any atom is 0.253 e. The van der Waals surface area contributed by atoms with Crippen LogP contribution in [0.2, 0.25) is 5.02 Å². The molecule has 2 unspecified atom stereocenters. The Balaban J connectivity index is 2.79. The molecule has 0 aliphatic carbocycles. The summed E-state index contributed by atoms with van der Waals surface area (Å²) in [6, 6.07) is 5.01. The first-order valence-corrected chi connectivity index (χ1v) is 6.49. The maximum absolute atomic E-state index is 12.0. The van der Waals surface area contributed by atoms with Gasteiger partial charge in [0.15, 0.2) is 0 Å². The van der Waals surface area contributed by atoms with E-state index in [1.807, 2.05) is 13.8 Å². The third-order valence-electron chi connectivity index (χ3n) is 2.67. The number of hydrogen-bond donors (Lipinski definition) is 2. The highest BCUT2D eigenvalue weighted by Gasteiger charge is 2.17. The summed E-state index contributed by atoms with van der Waals surface area (Å²) in [7, 11) is 0. The van der Waals surface area contributed by atoms with Gasteiger partial charge in [-0.25, -0.2) is 0 Å². The van der Waals surface area contributed by atoms with E-state index >= 15 is 0 Å². The number of aliphatic hydroxyl groups excluding tert-OH is 1. The van der Waals surface area contributed by atoms with E-state index in [9.17, 15) is 4.79 Å². The molecule has 0 saturated carbocycles. The fourth-order valence-electron chi connectivity index (χ4n) is 1.26. The average molecular weight is 321 g/mol. The normalized spacial score (nSPS) is 14.2. The molecular weight excluding hydrogens is 305 g/mol. The van der Waals surface area contributed by atoms with Crippen LogP contribution in [0.4, 0.5) is 0 Å². The predicted molar refractivity (Wildman–Crippen MR) is 72.3 cm³/mol. The highest BCUT2D eigenvalue weighted by atomic mass is 79.9. The minimum atomic E-state index is -0.232. The van der Waals surface area contributed by atoms with E-state index in [0.29, 0.717) is 10.6 Å². The van der Waals surface area contributed by atoms with Gasteiger partial charge >= 0.3 is 0 Å². The second-order valence-electron chi connectivity index (χ2n) is 4.05. The van der Waals surface area contributed by atoms with Crippen LogP contribution in [0.3, 0.4) is 0 Å². The summed E-state index contributed by atoms with van der Waals surface area (Å²) in [5.74, 6) is -0.228. The Kier molecular flexibility index (Phi) is 5.43. The monoisotopic (exact) mass is 319 g/mol. The zero-order chi connectivity index (χ0) is 13.0. The molecular formula is C12H15BrClNO2. The van der Waals surface area contributed by atoms with Gasteiger partial charge in [-0.15, -0.1) is 0 Å². The first-order valence-electron chi connectivity index (χ1n) is 5.32. The first kappa shape index (κ1) is 14.5. The summed E-state index contributed by atoms with van der Waals surface area (Å²) in [6.07, 6.45) is 0. The fraction of sp³-hybridized carbons (Fsp3) is 0.417. The van der Waals surface area contributed by atoms with Crippen molar-refractivity contribution < 1.29 is 9.90 Å². The van der Waals surface area contributed by atoms with Gasteiger partial charge in [-0.3, -0.25) is 4.79 Å². The molecule has 94 valence electrons. The lowest BCUT2D eigenvalue weighted by atomic mass is 10.0. The van der Waals surface area contributed by atoms with Crippen LogP contribution in [-0.4, -0.2) is 23.7 Å². The summed E-state index contributed by atoms with van der Waals surface area (Å²) < 4.78 is 0.801. The largest absolute Gasteiger partial charge is 0.396 e. The maximum atomic E-state index is 12.0. The highest BCUT2D eigenvalue weighted by Crippen LogP contribution is 2.21. The minimum absolute atomic E-state index is 0.00452. The number of carbonyl (C=O) groups excluding carboxylic acids is 1. The molecule has 0 spiro atoms. The van der Waals surface area contributed by atoms with Crippen molar-refractivity contribution in [2.24, 2.45) is 5.92 Å². The summed E-state index contributed by atoms with van der Waals surface area (Å²) in [6.45, 7) is 3.76. The van der Waals surface area contributed by atoms with Crippen molar-refractivity contribution in [2.75, 3.05) is 6.61 Å². The van der Waals surface area contributed by atoms with Crippen molar-refractivity contribution in [1.82, 2.24) is 5.32 Å². The summed E-state index contributed by atoms with van der Waals surface area (Å²) in [4.78, 5) is 12.0. The number of benzene rings is 1. The van der Waals surface area contributed by atoms with Crippen molar-refractivity contribution in [3.63, 3.8) is 0 Å². The molecule has 0 aliphatic rings. The van der Waals surface area contributed by atoms with Crippen molar-refractivity contribution in [2.45, 2.75) is 19.9 Å². The Labute approximate surface area is 114 Å². The van der Waals surface area contributed by atoms with Gasteiger partial charge in [-0.05, 0) is 31.0 Å². The molecule has 0 heterocycles. The third kappa shape index (κ3) is 3.98. The SMILES string of the molecule is CC(CO)C(C)NC(=O)c1cc(Br)ccc1Cl. The van der Waals surface area contributed by atoms with Gasteiger partial charge in [0.05, 0.1) is 10.6 Å². The standard InChI is InChI=1S/C12H15BrClNO2/c1-7(6-16)8(2)15-12(17)10-5-9(13)3-4-11(10)14/h3-5,7-8,16H,6H2,1-2H3,(H,15,17). The van der Waals surface area contributed by atoms with Gasteiger partial charge in [0.1, 0.15) is 0 Å². The molecule has 17 heavy (non-hydrogen) atoms. The van der Waals surface area contributed by atoms with Crippen LogP contribution >= 0.6 is 27.5 Å². The number of nitrogens with one attached hydrogen (secondary N) is 1. The van der Waals surface area contributed by atoms with E-state index in [1.54, 1.807) is 18.2 Å². The van der Waals surface area contributed by atoms with Crippen LogP contribution in [0.1, 0.15) is 24.2 Å². The molecule has 0 saturated heterocycles. The Bertz CT molecular complexity index is 411. The van der Waals surface area contributed by atoms with Crippen LogP contribution < -0.4 is 5.32 Å². The number of halogens is 2. The smallest absolute Gasteiger partial charge is 0.253 e. The van der Waals surface area contributed by atoms with Crippen molar-refractivity contribution >= 4 is 33.4 Å². The average Bonchev–Trinajstić information content (AvgIpc) is 2.30. The van der Waals surface area contributed by atoms with Crippen LogP contribution in [0.5, 0.6) is 0 Å². The van der Waals surface area contributed by atoms with Crippen LogP contribution in [0.25, 0.3) is 0 Å². The fourth-order valence-corrected chi connectivity index (χ4v) is 1.82. The van der Waals surface area contributed by atoms with Crippen molar-refractivity contribution in [3.8, 4) is 0 Å². The summed E-state index contributed by atoms with van der Waals surface area (Å²) >= 11 is 9.25. The van der Waals surface area contributed by atoms with E-state index in [1.165, 1.54) is 0 Å². The molecule has 2 atom stereocenters. The van der Waals surface area contributed by atoms with Gasteiger partial charge in [0, 0.05) is 17.1 Å². The molecule has 5 heteroatoms. The molecule has 3 nitrogen and oxygen atoms in total. The first-order chi connectivity index (χ1) is 7.95.